The van der Waals surface area contributed by atoms with Gasteiger partial charge in [0.15, 0.2) is 0 Å². The minimum absolute atomic E-state index is 0.221. The van der Waals surface area contributed by atoms with Gasteiger partial charge in [-0.05, 0) is 43.0 Å². The third-order valence-corrected chi connectivity index (χ3v) is 2.60. The molecule has 0 spiro atoms. The Kier molecular flexibility index (Phi) is 4.78. The normalized spacial score (nSPS) is 8.94. The number of benzene rings is 1. The molecule has 1 aromatic rings. The predicted molar refractivity (Wildman–Crippen MR) is 65.2 cm³/mol. The summed E-state index contributed by atoms with van der Waals surface area (Å²) in [5, 5.41) is 17.4. The van der Waals surface area contributed by atoms with Crippen LogP contribution in [0, 0.1) is 22.7 Å². The maximum Gasteiger partial charge on any atom is 0.128 e. The van der Waals surface area contributed by atoms with Gasteiger partial charge in [-0.15, -0.1) is 0 Å². The third-order valence-electron chi connectivity index (χ3n) is 2.60. The predicted octanol–water partition coefficient (Wildman–Crippen LogP) is 2.99. The van der Waals surface area contributed by atoms with Crippen LogP contribution in [-0.4, -0.2) is 7.11 Å². The highest BCUT2D eigenvalue weighted by Gasteiger charge is 2.01. The largest absolute Gasteiger partial charge is 0.497 e. The molecule has 0 heterocycles. The molecule has 0 aliphatic carbocycles. The Morgan fingerprint density at radius 2 is 1.76 bits per heavy atom. The molecule has 0 aromatic heterocycles. The highest BCUT2D eigenvalue weighted by molar-refractivity contribution is 5.39. The van der Waals surface area contributed by atoms with Crippen molar-refractivity contribution in [2.24, 2.45) is 0 Å². The Bertz CT molecular complexity index is 470. The van der Waals surface area contributed by atoms with Crippen LogP contribution in [0.25, 0.3) is 0 Å². The number of rotatable bonds is 4. The Morgan fingerprint density at radius 1 is 1.18 bits per heavy atom. The number of allylic oxidation sites excluding steroid dienone is 2. The van der Waals surface area contributed by atoms with Crippen LogP contribution >= 0.6 is 0 Å². The zero-order valence-electron chi connectivity index (χ0n) is 10.0. The summed E-state index contributed by atoms with van der Waals surface area (Å²) in [5.74, 6) is 0.829. The van der Waals surface area contributed by atoms with E-state index in [2.05, 4.69) is 0 Å². The molecule has 1 aromatic carbocycles. The van der Waals surface area contributed by atoms with E-state index in [0.717, 1.165) is 24.2 Å². The van der Waals surface area contributed by atoms with Crippen LogP contribution in [0.1, 0.15) is 18.9 Å². The maximum absolute atomic E-state index is 8.72. The molecular formula is C14H14N2O. The molecule has 3 nitrogen and oxygen atoms in total. The quantitative estimate of drug-likeness (QED) is 0.741. The van der Waals surface area contributed by atoms with Gasteiger partial charge in [0.2, 0.25) is 0 Å². The Labute approximate surface area is 102 Å². The fraction of sp³-hybridized carbons (Fsp3) is 0.286. The van der Waals surface area contributed by atoms with Gasteiger partial charge in [-0.25, -0.2) is 0 Å². The first-order valence-corrected chi connectivity index (χ1v) is 5.34. The number of hydrogen-bond donors (Lipinski definition) is 0. The summed E-state index contributed by atoms with van der Waals surface area (Å²) in [6.45, 7) is 1.82. The lowest BCUT2D eigenvalue weighted by Gasteiger charge is -2.04. The summed E-state index contributed by atoms with van der Waals surface area (Å²) in [6, 6.07) is 11.6. The first-order valence-electron chi connectivity index (χ1n) is 5.34. The molecule has 0 aliphatic rings. The highest BCUT2D eigenvalue weighted by atomic mass is 16.5. The molecule has 17 heavy (non-hydrogen) atoms. The van der Waals surface area contributed by atoms with Crippen molar-refractivity contribution >= 4 is 0 Å². The van der Waals surface area contributed by atoms with Crippen LogP contribution in [0.5, 0.6) is 5.75 Å². The minimum Gasteiger partial charge on any atom is -0.497 e. The van der Waals surface area contributed by atoms with E-state index in [9.17, 15) is 0 Å². The summed E-state index contributed by atoms with van der Waals surface area (Å²) in [6.07, 6.45) is 1.55. The lowest BCUT2D eigenvalue weighted by Crippen LogP contribution is -1.90. The van der Waals surface area contributed by atoms with Gasteiger partial charge in [-0.2, -0.15) is 10.5 Å². The minimum atomic E-state index is 0.221. The number of aryl methyl sites for hydroxylation is 1. The lowest BCUT2D eigenvalue weighted by atomic mass is 10.0. The molecule has 86 valence electrons. The van der Waals surface area contributed by atoms with Crippen LogP contribution in [0.2, 0.25) is 0 Å². The highest BCUT2D eigenvalue weighted by Crippen LogP contribution is 2.15. The molecule has 0 fully saturated rings. The van der Waals surface area contributed by atoms with Crippen molar-refractivity contribution in [3.05, 3.63) is 41.0 Å². The van der Waals surface area contributed by atoms with Crippen LogP contribution < -0.4 is 4.74 Å². The van der Waals surface area contributed by atoms with Crippen molar-refractivity contribution in [3.8, 4) is 17.9 Å². The summed E-state index contributed by atoms with van der Waals surface area (Å²) in [5.41, 5.74) is 2.23. The fourth-order valence-corrected chi connectivity index (χ4v) is 1.46. The number of ether oxygens (including phenoxy) is 1. The molecule has 0 atom stereocenters. The van der Waals surface area contributed by atoms with E-state index in [1.54, 1.807) is 7.11 Å². The van der Waals surface area contributed by atoms with Gasteiger partial charge in [-0.1, -0.05) is 12.1 Å². The number of nitriles is 2. The van der Waals surface area contributed by atoms with Crippen LogP contribution in [0.3, 0.4) is 0 Å². The smallest absolute Gasteiger partial charge is 0.128 e. The Hall–Kier alpha value is -2.26. The van der Waals surface area contributed by atoms with Gasteiger partial charge >= 0.3 is 0 Å². The Morgan fingerprint density at radius 3 is 2.24 bits per heavy atom. The first-order chi connectivity index (χ1) is 8.21. The molecule has 0 bridgehead atoms. The summed E-state index contributed by atoms with van der Waals surface area (Å²) in [4.78, 5) is 0. The molecule has 0 amide bonds. The number of nitrogens with zero attached hydrogens (tertiary/aromatic N) is 2. The second-order valence-electron chi connectivity index (χ2n) is 3.73. The average molecular weight is 226 g/mol. The van der Waals surface area contributed by atoms with E-state index < -0.39 is 0 Å². The second kappa shape index (κ2) is 6.35. The molecule has 3 heteroatoms. The summed E-state index contributed by atoms with van der Waals surface area (Å²) < 4.78 is 5.07. The van der Waals surface area contributed by atoms with Gasteiger partial charge in [0.25, 0.3) is 0 Å². The molecule has 0 N–H and O–H groups in total. The van der Waals surface area contributed by atoms with Crippen molar-refractivity contribution in [1.82, 2.24) is 0 Å². The van der Waals surface area contributed by atoms with Crippen LogP contribution in [0.4, 0.5) is 0 Å². The second-order valence-corrected chi connectivity index (χ2v) is 3.73. The van der Waals surface area contributed by atoms with E-state index in [-0.39, 0.29) is 5.57 Å². The molecule has 0 saturated carbocycles. The zero-order chi connectivity index (χ0) is 12.7. The molecule has 1 rings (SSSR count). The third kappa shape index (κ3) is 3.66. The van der Waals surface area contributed by atoms with Crippen molar-refractivity contribution in [2.75, 3.05) is 7.11 Å². The van der Waals surface area contributed by atoms with Crippen LogP contribution in [-0.2, 0) is 6.42 Å². The molecule has 0 radical (unpaired) electrons. The van der Waals surface area contributed by atoms with E-state index >= 15 is 0 Å². The van der Waals surface area contributed by atoms with Gasteiger partial charge < -0.3 is 4.74 Å². The van der Waals surface area contributed by atoms with E-state index in [0.29, 0.717) is 0 Å². The first kappa shape index (κ1) is 12.8. The van der Waals surface area contributed by atoms with Gasteiger partial charge in [0.05, 0.1) is 7.11 Å². The van der Waals surface area contributed by atoms with E-state index in [1.165, 1.54) is 5.56 Å². The molecule has 0 saturated heterocycles. The Balaban J connectivity index is 2.66. The zero-order valence-corrected chi connectivity index (χ0v) is 10.0. The standard InChI is InChI=1S/C14H14N2O/c1-11(13(9-15)10-16)3-4-12-5-7-14(17-2)8-6-12/h5-8H,3-4H2,1-2H3. The van der Waals surface area contributed by atoms with E-state index in [1.807, 2.05) is 43.3 Å². The molecular weight excluding hydrogens is 212 g/mol. The SMILES string of the molecule is COc1ccc(CCC(C)=C(C#N)C#N)cc1. The summed E-state index contributed by atoms with van der Waals surface area (Å²) in [7, 11) is 1.63. The summed E-state index contributed by atoms with van der Waals surface area (Å²) >= 11 is 0. The monoisotopic (exact) mass is 226 g/mol. The van der Waals surface area contributed by atoms with Gasteiger partial charge in [0.1, 0.15) is 23.5 Å². The lowest BCUT2D eigenvalue weighted by molar-refractivity contribution is 0.414. The average Bonchev–Trinajstić information content (AvgIpc) is 2.38. The number of methoxy groups -OCH3 is 1. The number of hydrogen-bond acceptors (Lipinski definition) is 3. The van der Waals surface area contributed by atoms with Crippen molar-refractivity contribution in [3.63, 3.8) is 0 Å². The van der Waals surface area contributed by atoms with Crippen molar-refractivity contribution in [1.29, 1.82) is 10.5 Å². The van der Waals surface area contributed by atoms with Crippen molar-refractivity contribution in [2.45, 2.75) is 19.8 Å². The maximum atomic E-state index is 8.72. The van der Waals surface area contributed by atoms with Crippen molar-refractivity contribution < 1.29 is 4.74 Å². The van der Waals surface area contributed by atoms with Gasteiger partial charge in [0, 0.05) is 0 Å². The van der Waals surface area contributed by atoms with E-state index in [4.69, 9.17) is 15.3 Å². The topological polar surface area (TPSA) is 56.8 Å². The fourth-order valence-electron chi connectivity index (χ4n) is 1.46. The van der Waals surface area contributed by atoms with Crippen LogP contribution in [0.15, 0.2) is 35.4 Å². The molecule has 0 unspecified atom stereocenters. The molecule has 0 aliphatic heterocycles. The van der Waals surface area contributed by atoms with Gasteiger partial charge in [-0.3, -0.25) is 0 Å².